The third-order valence-corrected chi connectivity index (χ3v) is 4.21. The highest BCUT2D eigenvalue weighted by molar-refractivity contribution is 6.31. The number of nitrogens with one attached hydrogen (secondary N) is 1. The molecule has 0 aliphatic heterocycles. The summed E-state index contributed by atoms with van der Waals surface area (Å²) in [5, 5.41) is 3.86. The number of halogens is 1. The van der Waals surface area contributed by atoms with Gasteiger partial charge in [-0.3, -0.25) is 0 Å². The lowest BCUT2D eigenvalue weighted by atomic mass is 9.83. The second-order valence-electron chi connectivity index (χ2n) is 5.10. The molecule has 1 aliphatic rings. The molecule has 1 fully saturated rings. The van der Waals surface area contributed by atoms with E-state index in [1.54, 1.807) is 7.11 Å². The summed E-state index contributed by atoms with van der Waals surface area (Å²) in [6.07, 6.45) is 9.19. The van der Waals surface area contributed by atoms with Gasteiger partial charge < -0.3 is 10.1 Å². The monoisotopic (exact) mass is 283 g/mol. The van der Waals surface area contributed by atoms with Crippen molar-refractivity contribution in [2.24, 2.45) is 5.92 Å². The third-order valence-electron chi connectivity index (χ3n) is 3.95. The highest BCUT2D eigenvalue weighted by Crippen LogP contribution is 2.33. The van der Waals surface area contributed by atoms with Gasteiger partial charge in [-0.2, -0.15) is 0 Å². The van der Waals surface area contributed by atoms with E-state index in [1.165, 1.54) is 38.4 Å². The van der Waals surface area contributed by atoms with E-state index in [1.807, 2.05) is 0 Å². The smallest absolute Gasteiger partial charge is 0.198 e. The van der Waals surface area contributed by atoms with Crippen molar-refractivity contribution in [3.05, 3.63) is 11.5 Å². The highest BCUT2D eigenvalue weighted by atomic mass is 35.5. The zero-order valence-corrected chi connectivity index (χ0v) is 12.4. The molecule has 1 aromatic rings. The summed E-state index contributed by atoms with van der Waals surface area (Å²) in [5.74, 6) is 1.97. The summed E-state index contributed by atoms with van der Waals surface area (Å²) in [6.45, 7) is 2.21. The van der Waals surface area contributed by atoms with Crippen LogP contribution < -0.4 is 10.1 Å². The van der Waals surface area contributed by atoms with E-state index >= 15 is 0 Å². The Kier molecular flexibility index (Phi) is 5.25. The van der Waals surface area contributed by atoms with Gasteiger partial charge in [-0.1, -0.05) is 37.8 Å². The van der Waals surface area contributed by atoms with Gasteiger partial charge in [-0.15, -0.1) is 0 Å². The van der Waals surface area contributed by atoms with Gasteiger partial charge in [0.15, 0.2) is 16.7 Å². The fourth-order valence-electron chi connectivity index (χ4n) is 2.90. The Hall–Kier alpha value is -1.03. The first-order chi connectivity index (χ1) is 9.26. The SMILES string of the molecule is CCC(Nc1ncnc(Cl)c1OC)C1CCCCC1. The van der Waals surface area contributed by atoms with Gasteiger partial charge in [0.25, 0.3) is 0 Å². The molecule has 106 valence electrons. The lowest BCUT2D eigenvalue weighted by molar-refractivity contribution is 0.311. The van der Waals surface area contributed by atoms with Crippen molar-refractivity contribution >= 4 is 17.4 Å². The Morgan fingerprint density at radius 1 is 1.37 bits per heavy atom. The molecule has 0 bridgehead atoms. The molecular formula is C14H22ClN3O. The molecule has 1 heterocycles. The van der Waals surface area contributed by atoms with Crippen molar-refractivity contribution in [1.29, 1.82) is 0 Å². The largest absolute Gasteiger partial charge is 0.490 e. The Balaban J connectivity index is 2.11. The molecule has 0 spiro atoms. The number of anilines is 1. The van der Waals surface area contributed by atoms with Crippen LogP contribution in [0.2, 0.25) is 5.15 Å². The minimum absolute atomic E-state index is 0.360. The van der Waals surface area contributed by atoms with Crippen molar-refractivity contribution < 1.29 is 4.74 Å². The normalized spacial score (nSPS) is 18.1. The topological polar surface area (TPSA) is 47.0 Å². The number of rotatable bonds is 5. The number of nitrogens with zero attached hydrogens (tertiary/aromatic N) is 2. The summed E-state index contributed by atoms with van der Waals surface area (Å²) < 4.78 is 5.29. The first kappa shape index (κ1) is 14.4. The predicted molar refractivity (Wildman–Crippen MR) is 77.9 cm³/mol. The molecule has 0 saturated heterocycles. The van der Waals surface area contributed by atoms with E-state index in [-0.39, 0.29) is 0 Å². The predicted octanol–water partition coefficient (Wildman–Crippen LogP) is 3.91. The van der Waals surface area contributed by atoms with Crippen LogP contribution in [0.1, 0.15) is 45.4 Å². The molecule has 1 aromatic heterocycles. The van der Waals surface area contributed by atoms with E-state index in [0.717, 1.165) is 12.3 Å². The zero-order chi connectivity index (χ0) is 13.7. The van der Waals surface area contributed by atoms with Gasteiger partial charge in [0.1, 0.15) is 6.33 Å². The molecule has 1 N–H and O–H groups in total. The number of aromatic nitrogens is 2. The summed E-state index contributed by atoms with van der Waals surface area (Å²) in [5.41, 5.74) is 0. The molecule has 0 amide bonds. The van der Waals surface area contributed by atoms with E-state index in [2.05, 4.69) is 22.2 Å². The van der Waals surface area contributed by atoms with E-state index in [0.29, 0.717) is 22.8 Å². The minimum Gasteiger partial charge on any atom is -0.490 e. The van der Waals surface area contributed by atoms with Crippen LogP contribution in [0.25, 0.3) is 0 Å². The molecule has 1 unspecified atom stereocenters. The summed E-state index contributed by atoms with van der Waals surface area (Å²) >= 11 is 6.03. The van der Waals surface area contributed by atoms with Crippen molar-refractivity contribution in [2.45, 2.75) is 51.5 Å². The molecule has 5 heteroatoms. The highest BCUT2D eigenvalue weighted by Gasteiger charge is 2.24. The second kappa shape index (κ2) is 6.94. The molecule has 1 saturated carbocycles. The van der Waals surface area contributed by atoms with Crippen LogP contribution >= 0.6 is 11.6 Å². The Morgan fingerprint density at radius 3 is 2.74 bits per heavy atom. The summed E-state index contributed by atoms with van der Waals surface area (Å²) in [7, 11) is 1.59. The van der Waals surface area contributed by atoms with Crippen LogP contribution in [0.3, 0.4) is 0 Å². The first-order valence-electron chi connectivity index (χ1n) is 7.07. The standard InChI is InChI=1S/C14H22ClN3O/c1-3-11(10-7-5-4-6-8-10)18-14-12(19-2)13(15)16-9-17-14/h9-11H,3-8H2,1-2H3,(H,16,17,18). The van der Waals surface area contributed by atoms with Gasteiger partial charge in [-0.05, 0) is 25.2 Å². The summed E-state index contributed by atoms with van der Waals surface area (Å²) in [4.78, 5) is 8.21. The van der Waals surface area contributed by atoms with Crippen molar-refractivity contribution in [2.75, 3.05) is 12.4 Å². The number of hydrogen-bond acceptors (Lipinski definition) is 4. The van der Waals surface area contributed by atoms with Crippen molar-refractivity contribution in [3.63, 3.8) is 0 Å². The lowest BCUT2D eigenvalue weighted by Crippen LogP contribution is -2.30. The van der Waals surface area contributed by atoms with Gasteiger partial charge in [0.05, 0.1) is 7.11 Å². The molecule has 1 atom stereocenters. The fraction of sp³-hybridized carbons (Fsp3) is 0.714. The average Bonchev–Trinajstić information content (AvgIpc) is 2.46. The summed E-state index contributed by atoms with van der Waals surface area (Å²) in [6, 6.07) is 0.431. The maximum absolute atomic E-state index is 6.03. The van der Waals surface area contributed by atoms with Crippen LogP contribution in [-0.2, 0) is 0 Å². The molecule has 2 rings (SSSR count). The second-order valence-corrected chi connectivity index (χ2v) is 5.46. The Bertz CT molecular complexity index is 408. The molecule has 0 aromatic carbocycles. The van der Waals surface area contributed by atoms with Gasteiger partial charge in [0.2, 0.25) is 0 Å². The van der Waals surface area contributed by atoms with Crippen LogP contribution in [0.15, 0.2) is 6.33 Å². The Morgan fingerprint density at radius 2 is 2.11 bits per heavy atom. The van der Waals surface area contributed by atoms with Crippen molar-refractivity contribution in [1.82, 2.24) is 9.97 Å². The molecule has 4 nitrogen and oxygen atoms in total. The lowest BCUT2D eigenvalue weighted by Gasteiger charge is -2.30. The third kappa shape index (κ3) is 3.50. The van der Waals surface area contributed by atoms with E-state index in [4.69, 9.17) is 16.3 Å². The fourth-order valence-corrected chi connectivity index (χ4v) is 3.11. The molecule has 1 aliphatic carbocycles. The van der Waals surface area contributed by atoms with Crippen molar-refractivity contribution in [3.8, 4) is 5.75 Å². The van der Waals surface area contributed by atoms with Gasteiger partial charge >= 0.3 is 0 Å². The number of methoxy groups -OCH3 is 1. The van der Waals surface area contributed by atoms with Crippen LogP contribution in [0, 0.1) is 5.92 Å². The maximum Gasteiger partial charge on any atom is 0.198 e. The quantitative estimate of drug-likeness (QED) is 0.832. The Labute approximate surface area is 119 Å². The number of hydrogen-bond donors (Lipinski definition) is 1. The van der Waals surface area contributed by atoms with Gasteiger partial charge in [-0.25, -0.2) is 9.97 Å². The van der Waals surface area contributed by atoms with E-state index in [9.17, 15) is 0 Å². The minimum atomic E-state index is 0.360. The zero-order valence-electron chi connectivity index (χ0n) is 11.7. The first-order valence-corrected chi connectivity index (χ1v) is 7.45. The molecule has 0 radical (unpaired) electrons. The van der Waals surface area contributed by atoms with Gasteiger partial charge in [0, 0.05) is 6.04 Å². The molecule has 19 heavy (non-hydrogen) atoms. The van der Waals surface area contributed by atoms with Crippen LogP contribution in [0.5, 0.6) is 5.75 Å². The average molecular weight is 284 g/mol. The maximum atomic E-state index is 6.03. The number of ether oxygens (including phenoxy) is 1. The van der Waals surface area contributed by atoms with Crippen LogP contribution in [0.4, 0.5) is 5.82 Å². The van der Waals surface area contributed by atoms with Crippen LogP contribution in [-0.4, -0.2) is 23.1 Å². The molecular weight excluding hydrogens is 262 g/mol. The van der Waals surface area contributed by atoms with E-state index < -0.39 is 0 Å².